The number of pyridine rings is 1. The number of amides is 16. The van der Waals surface area contributed by atoms with E-state index in [1.165, 1.54) is 69.3 Å². The molecule has 3 aromatic heterocycles. The van der Waals surface area contributed by atoms with Crippen LogP contribution in [0.4, 0.5) is 0 Å². The highest BCUT2D eigenvalue weighted by molar-refractivity contribution is 8.00. The maximum atomic E-state index is 16.0. The number of hydrogen-bond donors (Lipinski definition) is 17. The fourth-order valence-electron chi connectivity index (χ4n) is 16.9. The molecule has 3 saturated heterocycles. The molecule has 8 rings (SSSR count). The number of carbonyl (C=O) groups excluding carboxylic acids is 17. The lowest BCUT2D eigenvalue weighted by Gasteiger charge is -2.36. The van der Waals surface area contributed by atoms with E-state index in [9.17, 15) is 68.1 Å². The summed E-state index contributed by atoms with van der Waals surface area (Å²) >= 11 is 0.785. The topological polar surface area (TPSA) is 630 Å². The van der Waals surface area contributed by atoms with E-state index in [2.05, 4.69) is 57.8 Å². The Morgan fingerprint density at radius 2 is 1.18 bits per heavy atom. The molecule has 3 aliphatic rings. The first kappa shape index (κ1) is 107. The molecule has 2 aromatic carbocycles. The number of nitrogens with zero attached hydrogens (tertiary/aromatic N) is 7. The van der Waals surface area contributed by atoms with Gasteiger partial charge in [0.1, 0.15) is 90.4 Å². The second kappa shape index (κ2) is 50.5. The Kier molecular flexibility index (Phi) is 40.2. The minimum atomic E-state index is -1.77. The number of H-pyrrole nitrogens is 1. The Labute approximate surface area is 781 Å². The first-order chi connectivity index (χ1) is 63.6. The van der Waals surface area contributed by atoms with Crippen molar-refractivity contribution in [3.05, 3.63) is 95.9 Å². The smallest absolute Gasteiger partial charge is 0.323 e. The van der Waals surface area contributed by atoms with E-state index in [-0.39, 0.29) is 101 Å². The summed E-state index contributed by atoms with van der Waals surface area (Å²) in [6.07, 6.45) is 1.95. The highest BCUT2D eigenvalue weighted by Crippen LogP contribution is 2.31. The highest BCUT2D eigenvalue weighted by Gasteiger charge is 2.47. The van der Waals surface area contributed by atoms with Crippen molar-refractivity contribution in [2.75, 3.05) is 65.4 Å². The Morgan fingerprint density at radius 1 is 0.590 bits per heavy atom. The van der Waals surface area contributed by atoms with Gasteiger partial charge in [-0.3, -0.25) is 86.3 Å². The molecular formula is C91H131N21O21S. The molecule has 0 saturated carbocycles. The molecule has 42 nitrogen and oxygen atoms in total. The predicted octanol–water partition coefficient (Wildman–Crippen LogP) is -1.75. The molecule has 0 unspecified atom stereocenters. The number of carbonyl (C=O) groups is 18. The third kappa shape index (κ3) is 29.4. The molecule has 3 aliphatic heterocycles. The molecule has 43 heteroatoms. The number of primary amides is 2. The zero-order valence-electron chi connectivity index (χ0n) is 77.5. The maximum absolute atomic E-state index is 16.0. The van der Waals surface area contributed by atoms with Gasteiger partial charge in [0.2, 0.25) is 94.5 Å². The van der Waals surface area contributed by atoms with Gasteiger partial charge >= 0.3 is 5.97 Å². The first-order valence-electron chi connectivity index (χ1n) is 45.4. The minimum absolute atomic E-state index is 0.00102. The lowest BCUT2D eigenvalue weighted by molar-refractivity contribution is -0.149. The molecule has 16 amide bonds. The number of aliphatic hydroxyl groups is 1. The number of ketones is 1. The SMILES string of the molecule is CCCC[C@H]1C(=O)N(C)[C@@H](CCCC)C(=O)N[C@@H](CC(C)C)C(=O)N[C@H](C(=O)NCC(N)=O)CSCC(=O)N[C@@H](Cc2ccc(O)cc2)C(=O)N(C)[C@@H](C)C(=O)N[C@@H](CC(N)=O)C(=O)N2CCC[C@H]2C(=O)N[C@@H](CN)C(=O)N[C@@H](CC(C)C)C(=O)N2C[C@H](O)C[C@H]2C(=O)C[C@@H](Cc2c[nH]c3ccccc23)C(=O)N[C@@H](CCN)C(=O)N[C@@H](Cc2cn(CC(=O)O)c3ncccc23)C(=O)N1C. The third-order valence-electron chi connectivity index (χ3n) is 24.2. The molecule has 15 atom stereocenters. The molecule has 0 bridgehead atoms. The Morgan fingerprint density at radius 3 is 1.83 bits per heavy atom. The summed E-state index contributed by atoms with van der Waals surface area (Å²) in [4.78, 5) is 275. The number of aromatic amines is 1. The van der Waals surface area contributed by atoms with Crippen LogP contribution in [0.15, 0.2) is 79.3 Å². The molecule has 0 radical (unpaired) electrons. The van der Waals surface area contributed by atoms with E-state index in [0.717, 1.165) is 36.3 Å². The number of aromatic nitrogens is 3. The molecule has 5 aromatic rings. The number of nitrogens with two attached hydrogens (primary N) is 4. The average Bonchev–Trinajstić information content (AvgIpc) is 1.64. The monoisotopic (exact) mass is 1890 g/mol. The average molecular weight is 1890 g/mol. The zero-order chi connectivity index (χ0) is 98.6. The number of para-hydroxylation sites is 1. The normalized spacial score (nSPS) is 25.0. The summed E-state index contributed by atoms with van der Waals surface area (Å²) in [5, 5.41) is 56.6. The summed E-state index contributed by atoms with van der Waals surface area (Å²) in [7, 11) is 3.91. The zero-order valence-corrected chi connectivity index (χ0v) is 78.4. The van der Waals surface area contributed by atoms with E-state index in [4.69, 9.17) is 22.9 Å². The Balaban J connectivity index is 1.21. The van der Waals surface area contributed by atoms with Crippen molar-refractivity contribution in [1.82, 2.24) is 86.9 Å². The summed E-state index contributed by atoms with van der Waals surface area (Å²) in [6, 6.07) is -3.79. The lowest BCUT2D eigenvalue weighted by atomic mass is 9.90. The summed E-state index contributed by atoms with van der Waals surface area (Å²) < 4.78 is 1.34. The minimum Gasteiger partial charge on any atom is -0.508 e. The predicted molar refractivity (Wildman–Crippen MR) is 494 cm³/mol. The van der Waals surface area contributed by atoms with Crippen LogP contribution in [0.1, 0.15) is 155 Å². The van der Waals surface area contributed by atoms with Crippen molar-refractivity contribution >= 4 is 140 Å². The number of aromatic hydroxyl groups is 1. The van der Waals surface area contributed by atoms with Gasteiger partial charge in [-0.25, -0.2) is 4.98 Å². The van der Waals surface area contributed by atoms with Crippen LogP contribution in [-0.2, 0) is 112 Å². The van der Waals surface area contributed by atoms with Crippen LogP contribution in [0.5, 0.6) is 5.75 Å². The van der Waals surface area contributed by atoms with Crippen LogP contribution in [0.3, 0.4) is 0 Å². The molecule has 732 valence electrons. The number of fused-ring (bicyclic) bond motifs is 4. The summed E-state index contributed by atoms with van der Waals surface area (Å²) in [5.74, 6) is -19.8. The Hall–Kier alpha value is -12.6. The van der Waals surface area contributed by atoms with Crippen molar-refractivity contribution in [2.24, 2.45) is 40.7 Å². The van der Waals surface area contributed by atoms with Gasteiger partial charge in [0, 0.05) is 113 Å². The van der Waals surface area contributed by atoms with Crippen LogP contribution in [-0.4, -0.2) is 311 Å². The van der Waals surface area contributed by atoms with E-state index < -0.39 is 254 Å². The lowest BCUT2D eigenvalue weighted by Crippen LogP contribution is -2.61. The standard InChI is InChI=1S/C91H131N21O21S/c1-11-13-22-69-85(127)101-62(33-49(3)4)83(125)106-68(81(123)98-43-75(95)117)47-134-48-76(118)99-64(35-52-25-27-56(113)28-26-52)87(129)107(8)51(7)79(121)102-66(40-74(94)116)89(131)111-32-18-24-70(111)86(128)105-67(41-93)84(126)103-63(34-50(5)6)90(132)112-45-57(114)39-72(112)73(115)38-53(36-54-42-97-60-21-16-15-19-58(54)60)80(122)100-61(29-30-92)82(124)104-65(88(130)109(10)71(23-14-12-2)91(133)108(69)9)37-55-44-110(46-77(119)120)78-59(55)20-17-31-96-78/h15-17,19-21,25-28,31,42,44,49-51,53,57,61-72,97,113-114H,11-14,18,22-24,29-30,32-41,43,45-48,92-93H2,1-10H3,(H2,94,116)(H2,95,117)(H,98,123)(H,99,118)(H,100,122)(H,101,127)(H,102,121)(H,103,126)(H,104,124)(H,105,128)(H,106,125)(H,119,120)/t51-,53+,57+,61-,62-,63-,64-,65-,66-,67-,68-,69-,70-,71-,72-/m0/s1. The second-order valence-electron chi connectivity index (χ2n) is 35.5. The summed E-state index contributed by atoms with van der Waals surface area (Å²) in [5.41, 5.74) is 25.7. The van der Waals surface area contributed by atoms with Gasteiger partial charge in [0.25, 0.3) is 0 Å². The van der Waals surface area contributed by atoms with Crippen LogP contribution in [0.25, 0.3) is 21.9 Å². The summed E-state index contributed by atoms with van der Waals surface area (Å²) in [6.45, 7) is 9.28. The van der Waals surface area contributed by atoms with Gasteiger partial charge in [0.15, 0.2) is 5.78 Å². The van der Waals surface area contributed by atoms with Gasteiger partial charge in [-0.15, -0.1) is 11.8 Å². The number of phenols is 1. The van der Waals surface area contributed by atoms with E-state index in [0.29, 0.717) is 58.7 Å². The van der Waals surface area contributed by atoms with Gasteiger partial charge in [-0.05, 0) is 124 Å². The van der Waals surface area contributed by atoms with Crippen molar-refractivity contribution in [3.63, 3.8) is 0 Å². The highest BCUT2D eigenvalue weighted by atomic mass is 32.2. The number of hydrogen-bond acceptors (Lipinski definition) is 24. The van der Waals surface area contributed by atoms with Crippen molar-refractivity contribution < 1.29 is 102 Å². The van der Waals surface area contributed by atoms with Gasteiger partial charge in [-0.1, -0.05) is 97.6 Å². The van der Waals surface area contributed by atoms with Gasteiger partial charge in [0.05, 0.1) is 30.9 Å². The van der Waals surface area contributed by atoms with Crippen LogP contribution >= 0.6 is 11.8 Å². The molecular weight excluding hydrogens is 1760 g/mol. The number of benzene rings is 2. The number of carboxylic acid groups (broad SMARTS) is 1. The molecule has 0 spiro atoms. The van der Waals surface area contributed by atoms with Gasteiger partial charge < -0.3 is 120 Å². The van der Waals surface area contributed by atoms with Gasteiger partial charge in [-0.2, -0.15) is 0 Å². The van der Waals surface area contributed by atoms with Crippen LogP contribution in [0.2, 0.25) is 0 Å². The first-order valence-corrected chi connectivity index (χ1v) is 46.6. The molecule has 21 N–H and O–H groups in total. The number of carboxylic acids is 1. The quantitative estimate of drug-likeness (QED) is 0.0292. The van der Waals surface area contributed by atoms with E-state index in [1.807, 2.05) is 13.8 Å². The van der Waals surface area contributed by atoms with Crippen LogP contribution in [0, 0.1) is 17.8 Å². The number of likely N-dealkylation sites (N-methyl/N-ethyl adjacent to an activating group) is 3. The van der Waals surface area contributed by atoms with E-state index in [1.54, 1.807) is 70.3 Å². The number of aliphatic hydroxyl groups excluding tert-OH is 1. The number of unbranched alkanes of at least 4 members (excludes halogenated alkanes) is 2. The van der Waals surface area contributed by atoms with Crippen molar-refractivity contribution in [2.45, 2.75) is 249 Å². The molecule has 134 heavy (non-hydrogen) atoms. The molecule has 3 fully saturated rings. The fraction of sp³-hybridized carbons (Fsp3) is 0.571. The number of Topliss-reactive ketones (excluding diaryl/α,β-unsaturated/α-hetero) is 1. The number of nitrogens with one attached hydrogen (secondary N) is 10. The number of aliphatic carboxylic acids is 1. The van der Waals surface area contributed by atoms with Crippen molar-refractivity contribution in [1.29, 1.82) is 0 Å². The Bertz CT molecular complexity index is 5050. The second-order valence-corrected chi connectivity index (χ2v) is 36.5. The fourth-order valence-corrected chi connectivity index (χ4v) is 17.8. The largest absolute Gasteiger partial charge is 0.508 e. The number of thioether (sulfide) groups is 1. The maximum Gasteiger partial charge on any atom is 0.323 e. The molecule has 6 heterocycles. The third-order valence-corrected chi connectivity index (χ3v) is 25.3. The molecule has 0 aliphatic carbocycles. The number of rotatable bonds is 26. The van der Waals surface area contributed by atoms with Crippen LogP contribution < -0.4 is 70.8 Å². The number of phenolic OH excluding ortho intramolecular Hbond substituents is 1. The van der Waals surface area contributed by atoms with E-state index >= 15 is 33.6 Å². The van der Waals surface area contributed by atoms with Crippen molar-refractivity contribution in [3.8, 4) is 5.75 Å².